The number of anilines is 1. The molecule has 2 rings (SSSR count). The number of hydrogen-bond donors (Lipinski definition) is 0. The number of benzene rings is 2. The SMILES string of the molecule is COc1cc(C)c(S(=O)(=O)N(C)CC(=O)CCC(=O)N(C)Cc2ccc(N(C)CCN(C)C)cc2C)c(C)c1. The number of aryl methyl sites for hydroxylation is 3. The van der Waals surface area contributed by atoms with Gasteiger partial charge in [0.2, 0.25) is 15.9 Å². The second-order valence-electron chi connectivity index (χ2n) is 10.5. The molecule has 0 N–H and O–H groups in total. The maximum absolute atomic E-state index is 13.2. The maximum atomic E-state index is 13.2. The molecule has 0 fully saturated rings. The molecule has 1 amide bonds. The first-order valence-electron chi connectivity index (χ1n) is 13.0. The van der Waals surface area contributed by atoms with Gasteiger partial charge in [0, 0.05) is 59.3 Å². The molecule has 9 nitrogen and oxygen atoms in total. The van der Waals surface area contributed by atoms with E-state index < -0.39 is 10.0 Å². The summed E-state index contributed by atoms with van der Waals surface area (Å²) in [6.07, 6.45) is -0.00752. The zero-order chi connectivity index (χ0) is 29.5. The molecule has 0 aliphatic carbocycles. The van der Waals surface area contributed by atoms with Crippen molar-refractivity contribution in [3.8, 4) is 5.75 Å². The molecule has 0 spiro atoms. The van der Waals surface area contributed by atoms with Crippen LogP contribution in [0, 0.1) is 20.8 Å². The Morgan fingerprint density at radius 3 is 2.00 bits per heavy atom. The minimum atomic E-state index is -3.88. The standard InChI is InChI=1S/C29H44N4O5S/c1-21-16-25(31(6)15-14-30(4)5)11-10-24(21)19-32(7)28(35)13-12-26(34)20-33(8)39(36,37)29-22(2)17-27(38-9)18-23(29)3/h10-11,16-18H,12-15,19-20H2,1-9H3. The quantitative estimate of drug-likeness (QED) is 0.350. The Kier molecular flexibility index (Phi) is 11.5. The highest BCUT2D eigenvalue weighted by Crippen LogP contribution is 2.28. The molecule has 0 aliphatic heterocycles. The molecule has 2 aromatic rings. The molecular weight excluding hydrogens is 516 g/mol. The molecule has 0 unspecified atom stereocenters. The van der Waals surface area contributed by atoms with Gasteiger partial charge < -0.3 is 19.4 Å². The normalized spacial score (nSPS) is 11.7. The van der Waals surface area contributed by atoms with E-state index >= 15 is 0 Å². The molecule has 0 radical (unpaired) electrons. The van der Waals surface area contributed by atoms with E-state index in [0.717, 1.165) is 34.2 Å². The van der Waals surface area contributed by atoms with Gasteiger partial charge in [-0.05, 0) is 81.4 Å². The van der Waals surface area contributed by atoms with Crippen LogP contribution < -0.4 is 9.64 Å². The molecule has 39 heavy (non-hydrogen) atoms. The average Bonchev–Trinajstić information content (AvgIpc) is 2.85. The van der Waals surface area contributed by atoms with E-state index in [0.29, 0.717) is 23.4 Å². The van der Waals surface area contributed by atoms with Crippen molar-refractivity contribution in [1.29, 1.82) is 0 Å². The van der Waals surface area contributed by atoms with E-state index in [1.54, 1.807) is 37.9 Å². The molecule has 0 bridgehead atoms. The first-order valence-corrected chi connectivity index (χ1v) is 14.4. The van der Waals surface area contributed by atoms with Crippen molar-refractivity contribution in [2.24, 2.45) is 0 Å². The van der Waals surface area contributed by atoms with Gasteiger partial charge in [-0.3, -0.25) is 9.59 Å². The summed E-state index contributed by atoms with van der Waals surface area (Å²) in [5.74, 6) is 0.0963. The molecule has 216 valence electrons. The lowest BCUT2D eigenvalue weighted by Crippen LogP contribution is -2.34. The lowest BCUT2D eigenvalue weighted by Gasteiger charge is -2.24. The molecule has 0 saturated heterocycles. The van der Waals surface area contributed by atoms with Gasteiger partial charge >= 0.3 is 0 Å². The zero-order valence-electron chi connectivity index (χ0n) is 24.9. The van der Waals surface area contributed by atoms with Crippen LogP contribution in [-0.2, 0) is 26.2 Å². The van der Waals surface area contributed by atoms with Crippen LogP contribution in [0.4, 0.5) is 5.69 Å². The third-order valence-electron chi connectivity index (χ3n) is 6.84. The predicted octanol–water partition coefficient (Wildman–Crippen LogP) is 3.25. The van der Waals surface area contributed by atoms with Gasteiger partial charge in [-0.15, -0.1) is 0 Å². The second kappa shape index (κ2) is 13.9. The molecule has 0 saturated carbocycles. The van der Waals surface area contributed by atoms with Gasteiger partial charge in [-0.25, -0.2) is 8.42 Å². The largest absolute Gasteiger partial charge is 0.497 e. The fourth-order valence-corrected chi connectivity index (χ4v) is 5.92. The monoisotopic (exact) mass is 560 g/mol. The van der Waals surface area contributed by atoms with Crippen LogP contribution in [0.3, 0.4) is 0 Å². The van der Waals surface area contributed by atoms with Gasteiger partial charge in [-0.1, -0.05) is 6.07 Å². The van der Waals surface area contributed by atoms with Crippen LogP contribution in [0.2, 0.25) is 0 Å². The first-order chi connectivity index (χ1) is 18.2. The van der Waals surface area contributed by atoms with Crippen LogP contribution in [0.15, 0.2) is 35.2 Å². The van der Waals surface area contributed by atoms with E-state index in [1.807, 2.05) is 27.1 Å². The number of hydrogen-bond acceptors (Lipinski definition) is 7. The molecule has 2 aromatic carbocycles. The molecule has 0 heterocycles. The van der Waals surface area contributed by atoms with Crippen LogP contribution in [-0.4, -0.2) is 96.2 Å². The molecule has 0 aromatic heterocycles. The Balaban J connectivity index is 1.94. The van der Waals surface area contributed by atoms with Crippen LogP contribution in [0.25, 0.3) is 0 Å². The maximum Gasteiger partial charge on any atom is 0.243 e. The van der Waals surface area contributed by atoms with Gasteiger partial charge in [0.25, 0.3) is 0 Å². The number of carbonyl (C=O) groups excluding carboxylic acids is 2. The summed E-state index contributed by atoms with van der Waals surface area (Å²) >= 11 is 0. The number of nitrogens with zero attached hydrogens (tertiary/aromatic N) is 4. The third-order valence-corrected chi connectivity index (χ3v) is 8.95. The van der Waals surface area contributed by atoms with Crippen LogP contribution in [0.1, 0.15) is 35.1 Å². The van der Waals surface area contributed by atoms with Crippen molar-refractivity contribution in [3.63, 3.8) is 0 Å². The van der Waals surface area contributed by atoms with E-state index in [4.69, 9.17) is 4.74 Å². The number of sulfonamides is 1. The summed E-state index contributed by atoms with van der Waals surface area (Å²) in [5.41, 5.74) is 4.35. The van der Waals surface area contributed by atoms with Crippen molar-refractivity contribution in [2.45, 2.75) is 45.1 Å². The smallest absolute Gasteiger partial charge is 0.243 e. The van der Waals surface area contributed by atoms with Crippen molar-refractivity contribution < 1.29 is 22.7 Å². The lowest BCUT2D eigenvalue weighted by molar-refractivity contribution is -0.132. The first kappa shape index (κ1) is 32.3. The highest BCUT2D eigenvalue weighted by molar-refractivity contribution is 7.89. The zero-order valence-corrected chi connectivity index (χ0v) is 25.7. The minimum Gasteiger partial charge on any atom is -0.497 e. The second-order valence-corrected chi connectivity index (χ2v) is 12.5. The Bertz CT molecular complexity index is 1250. The minimum absolute atomic E-state index is 0.0220. The van der Waals surface area contributed by atoms with Gasteiger partial charge in [0.15, 0.2) is 0 Å². The van der Waals surface area contributed by atoms with Crippen LogP contribution in [0.5, 0.6) is 5.75 Å². The van der Waals surface area contributed by atoms with E-state index in [-0.39, 0.29) is 36.0 Å². The van der Waals surface area contributed by atoms with E-state index in [9.17, 15) is 18.0 Å². The molecule has 10 heteroatoms. The number of ketones is 1. The Hall–Kier alpha value is -2.95. The summed E-state index contributed by atoms with van der Waals surface area (Å²) < 4.78 is 32.6. The van der Waals surface area contributed by atoms with E-state index in [1.165, 1.54) is 14.2 Å². The number of rotatable bonds is 14. The third kappa shape index (κ3) is 8.78. The van der Waals surface area contributed by atoms with Gasteiger partial charge in [0.1, 0.15) is 11.5 Å². The number of carbonyl (C=O) groups is 2. The number of ether oxygens (including phenoxy) is 1. The molecule has 0 aliphatic rings. The Morgan fingerprint density at radius 1 is 0.846 bits per heavy atom. The molecule has 0 atom stereocenters. The Labute approximate surface area is 234 Å². The summed E-state index contributed by atoms with van der Waals surface area (Å²) in [7, 11) is 6.90. The van der Waals surface area contributed by atoms with Crippen molar-refractivity contribution >= 4 is 27.4 Å². The summed E-state index contributed by atoms with van der Waals surface area (Å²) in [5, 5.41) is 0. The summed E-state index contributed by atoms with van der Waals surface area (Å²) in [4.78, 5) is 31.5. The number of methoxy groups -OCH3 is 1. The topological polar surface area (TPSA) is 90.5 Å². The number of likely N-dealkylation sites (N-methyl/N-ethyl adjacent to an activating group) is 3. The summed E-state index contributed by atoms with van der Waals surface area (Å²) in [6.45, 7) is 7.43. The fourth-order valence-electron chi connectivity index (χ4n) is 4.36. The van der Waals surface area contributed by atoms with Crippen molar-refractivity contribution in [3.05, 3.63) is 52.6 Å². The highest BCUT2D eigenvalue weighted by Gasteiger charge is 2.27. The van der Waals surface area contributed by atoms with Crippen LogP contribution >= 0.6 is 0 Å². The Morgan fingerprint density at radius 2 is 1.46 bits per heavy atom. The average molecular weight is 561 g/mol. The molecular formula is C29H44N4O5S. The van der Waals surface area contributed by atoms with Crippen molar-refractivity contribution in [2.75, 3.05) is 66.9 Å². The predicted molar refractivity (Wildman–Crippen MR) is 156 cm³/mol. The number of amides is 1. The summed E-state index contributed by atoms with van der Waals surface area (Å²) in [6, 6.07) is 9.53. The van der Waals surface area contributed by atoms with Crippen molar-refractivity contribution in [1.82, 2.24) is 14.1 Å². The fraction of sp³-hybridized carbons (Fsp3) is 0.517. The number of Topliss-reactive ketones (excluding diaryl/α,β-unsaturated/α-hetero) is 1. The lowest BCUT2D eigenvalue weighted by atomic mass is 10.1. The highest BCUT2D eigenvalue weighted by atomic mass is 32.2. The van der Waals surface area contributed by atoms with Gasteiger partial charge in [0.05, 0.1) is 18.6 Å². The van der Waals surface area contributed by atoms with Gasteiger partial charge in [-0.2, -0.15) is 4.31 Å². The van der Waals surface area contributed by atoms with E-state index in [2.05, 4.69) is 29.0 Å².